The van der Waals surface area contributed by atoms with Gasteiger partial charge in [0.2, 0.25) is 0 Å². The van der Waals surface area contributed by atoms with E-state index in [1.54, 1.807) is 0 Å². The Morgan fingerprint density at radius 2 is 1.85 bits per heavy atom. The molecular weight excluding hydrogens is 162 g/mol. The number of hydrazine groups is 1. The summed E-state index contributed by atoms with van der Waals surface area (Å²) in [4.78, 5) is 2.15. The summed E-state index contributed by atoms with van der Waals surface area (Å²) >= 11 is 0. The van der Waals surface area contributed by atoms with Crippen LogP contribution in [0.3, 0.4) is 0 Å². The number of benzene rings is 1. The number of nitrogens with one attached hydrogen (secondary N) is 1. The van der Waals surface area contributed by atoms with Crippen molar-refractivity contribution in [1.29, 1.82) is 0 Å². The molecule has 1 saturated heterocycles. The molecule has 3 heteroatoms. The maximum Gasteiger partial charge on any atom is 0.107 e. The van der Waals surface area contributed by atoms with Crippen LogP contribution in [0, 0.1) is 6.67 Å². The lowest BCUT2D eigenvalue weighted by atomic mass is 10.2. The molecule has 0 bridgehead atoms. The zero-order valence-corrected chi connectivity index (χ0v) is 7.94. The topological polar surface area (TPSA) is 18.5 Å². The molecule has 1 heterocycles. The van der Waals surface area contributed by atoms with Crippen LogP contribution in [-0.4, -0.2) is 24.0 Å². The average Bonchev–Trinajstić information content (AvgIpc) is 2.47. The minimum absolute atomic E-state index is 0.270. The highest BCUT2D eigenvalue weighted by molar-refractivity contribution is 5.19. The van der Waals surface area contributed by atoms with E-state index in [-0.39, 0.29) is 6.17 Å². The Hall–Kier alpha value is -0.900. The van der Waals surface area contributed by atoms with Crippen LogP contribution < -0.4 is 5.43 Å². The highest BCUT2D eigenvalue weighted by Crippen LogP contribution is 2.22. The summed E-state index contributed by atoms with van der Waals surface area (Å²) in [5.74, 6) is 0. The van der Waals surface area contributed by atoms with E-state index in [0.29, 0.717) is 0 Å². The fourth-order valence-electron chi connectivity index (χ4n) is 1.60. The quantitative estimate of drug-likeness (QED) is 0.693. The van der Waals surface area contributed by atoms with Gasteiger partial charge in [-0.3, -0.25) is 4.90 Å². The highest BCUT2D eigenvalue weighted by atomic mass is 15.7. The SMILES string of the molecule is CN1[CH]N(C)C(c2ccccc2)N1. The van der Waals surface area contributed by atoms with E-state index >= 15 is 0 Å². The minimum Gasteiger partial charge on any atom is -0.267 e. The van der Waals surface area contributed by atoms with Crippen LogP contribution >= 0.6 is 0 Å². The van der Waals surface area contributed by atoms with Gasteiger partial charge in [-0.1, -0.05) is 30.3 Å². The maximum atomic E-state index is 3.32. The van der Waals surface area contributed by atoms with Crippen molar-refractivity contribution in [2.75, 3.05) is 14.1 Å². The molecule has 13 heavy (non-hydrogen) atoms. The second kappa shape index (κ2) is 3.46. The molecular formula is C10H14N3. The zero-order valence-electron chi connectivity index (χ0n) is 7.94. The van der Waals surface area contributed by atoms with Crippen molar-refractivity contribution in [3.8, 4) is 0 Å². The summed E-state index contributed by atoms with van der Waals surface area (Å²) in [6.45, 7) is 2.04. The van der Waals surface area contributed by atoms with Gasteiger partial charge in [0, 0.05) is 7.05 Å². The van der Waals surface area contributed by atoms with E-state index in [1.165, 1.54) is 5.56 Å². The van der Waals surface area contributed by atoms with E-state index in [9.17, 15) is 0 Å². The molecule has 0 saturated carbocycles. The number of rotatable bonds is 1. The molecule has 1 fully saturated rings. The standard InChI is InChI=1S/C10H14N3/c1-12-8-13(2)11-10(12)9-6-4-3-5-7-9/h3-8,10-11H,1-2H3. The first kappa shape index (κ1) is 8.69. The third kappa shape index (κ3) is 1.72. The maximum absolute atomic E-state index is 3.32. The van der Waals surface area contributed by atoms with Gasteiger partial charge in [-0.15, -0.1) is 0 Å². The summed E-state index contributed by atoms with van der Waals surface area (Å²) in [6.07, 6.45) is 0.270. The van der Waals surface area contributed by atoms with Crippen LogP contribution in [0.4, 0.5) is 0 Å². The molecule has 0 aliphatic carbocycles. The molecule has 0 spiro atoms. The summed E-state index contributed by atoms with van der Waals surface area (Å²) in [6, 6.07) is 10.4. The Balaban J connectivity index is 2.18. The molecule has 1 aromatic carbocycles. The van der Waals surface area contributed by atoms with Crippen molar-refractivity contribution in [1.82, 2.24) is 15.3 Å². The Bertz CT molecular complexity index is 273. The molecule has 69 valence electrons. The van der Waals surface area contributed by atoms with Crippen LogP contribution in [0.25, 0.3) is 0 Å². The molecule has 1 atom stereocenters. The molecule has 0 aromatic heterocycles. The van der Waals surface area contributed by atoms with Crippen molar-refractivity contribution >= 4 is 0 Å². The molecule has 1 unspecified atom stereocenters. The van der Waals surface area contributed by atoms with Crippen molar-refractivity contribution in [2.24, 2.45) is 0 Å². The van der Waals surface area contributed by atoms with Gasteiger partial charge in [-0.2, -0.15) is 0 Å². The van der Waals surface area contributed by atoms with Crippen LogP contribution in [0.2, 0.25) is 0 Å². The molecule has 0 amide bonds. The smallest absolute Gasteiger partial charge is 0.107 e. The molecule has 1 aliphatic heterocycles. The van der Waals surface area contributed by atoms with E-state index < -0.39 is 0 Å². The molecule has 1 radical (unpaired) electrons. The molecule has 3 nitrogen and oxygen atoms in total. The van der Waals surface area contributed by atoms with Gasteiger partial charge in [-0.25, -0.2) is 10.4 Å². The number of nitrogens with zero attached hydrogens (tertiary/aromatic N) is 2. The summed E-state index contributed by atoms with van der Waals surface area (Å²) < 4.78 is 0. The van der Waals surface area contributed by atoms with Gasteiger partial charge < -0.3 is 0 Å². The number of hydrogen-bond donors (Lipinski definition) is 1. The second-order valence-electron chi connectivity index (χ2n) is 3.33. The Morgan fingerprint density at radius 1 is 1.15 bits per heavy atom. The van der Waals surface area contributed by atoms with Gasteiger partial charge in [0.25, 0.3) is 0 Å². The first-order valence-corrected chi connectivity index (χ1v) is 4.38. The average molecular weight is 176 g/mol. The van der Waals surface area contributed by atoms with E-state index in [4.69, 9.17) is 0 Å². The normalized spacial score (nSPS) is 25.2. The van der Waals surface area contributed by atoms with Gasteiger partial charge in [0.1, 0.15) is 12.8 Å². The predicted molar refractivity (Wildman–Crippen MR) is 52.1 cm³/mol. The summed E-state index contributed by atoms with van der Waals surface area (Å²) in [5.41, 5.74) is 4.61. The number of hydrogen-bond acceptors (Lipinski definition) is 3. The van der Waals surface area contributed by atoms with Crippen molar-refractivity contribution in [3.63, 3.8) is 0 Å². The molecule has 1 aromatic rings. The minimum atomic E-state index is 0.270. The van der Waals surface area contributed by atoms with Gasteiger partial charge in [0.15, 0.2) is 0 Å². The first-order valence-electron chi connectivity index (χ1n) is 4.38. The summed E-state index contributed by atoms with van der Waals surface area (Å²) in [5, 5.41) is 1.97. The van der Waals surface area contributed by atoms with Crippen LogP contribution in [0.15, 0.2) is 30.3 Å². The first-order chi connectivity index (χ1) is 6.27. The van der Waals surface area contributed by atoms with Crippen molar-refractivity contribution in [2.45, 2.75) is 6.17 Å². The van der Waals surface area contributed by atoms with Crippen LogP contribution in [0.1, 0.15) is 11.7 Å². The van der Waals surface area contributed by atoms with Gasteiger partial charge >= 0.3 is 0 Å². The Labute approximate surface area is 78.9 Å². The predicted octanol–water partition coefficient (Wildman–Crippen LogP) is 1.19. The van der Waals surface area contributed by atoms with Crippen LogP contribution in [0.5, 0.6) is 0 Å². The lowest BCUT2D eigenvalue weighted by Gasteiger charge is -2.17. The molecule has 2 rings (SSSR count). The largest absolute Gasteiger partial charge is 0.267 e. The third-order valence-electron chi connectivity index (χ3n) is 2.20. The molecule has 1 N–H and O–H groups in total. The third-order valence-corrected chi connectivity index (χ3v) is 2.20. The molecule has 1 aliphatic rings. The van der Waals surface area contributed by atoms with Crippen molar-refractivity contribution in [3.05, 3.63) is 42.6 Å². The van der Waals surface area contributed by atoms with E-state index in [1.807, 2.05) is 24.8 Å². The fourth-order valence-corrected chi connectivity index (χ4v) is 1.60. The lowest BCUT2D eigenvalue weighted by Crippen LogP contribution is -2.27. The fraction of sp³-hybridized carbons (Fsp3) is 0.300. The lowest BCUT2D eigenvalue weighted by molar-refractivity contribution is 0.306. The zero-order chi connectivity index (χ0) is 9.26. The second-order valence-corrected chi connectivity index (χ2v) is 3.33. The van der Waals surface area contributed by atoms with E-state index in [0.717, 1.165) is 0 Å². The van der Waals surface area contributed by atoms with Gasteiger partial charge in [0.05, 0.1) is 0 Å². The monoisotopic (exact) mass is 176 g/mol. The van der Waals surface area contributed by atoms with Crippen LogP contribution in [-0.2, 0) is 0 Å². The summed E-state index contributed by atoms with van der Waals surface area (Å²) in [7, 11) is 4.06. The Kier molecular flexibility index (Phi) is 2.31. The van der Waals surface area contributed by atoms with Crippen molar-refractivity contribution < 1.29 is 0 Å². The van der Waals surface area contributed by atoms with Gasteiger partial charge in [-0.05, 0) is 12.6 Å². The Morgan fingerprint density at radius 3 is 2.38 bits per heavy atom. The highest BCUT2D eigenvalue weighted by Gasteiger charge is 2.25. The van der Waals surface area contributed by atoms with E-state index in [2.05, 4.69) is 41.6 Å².